The summed E-state index contributed by atoms with van der Waals surface area (Å²) >= 11 is 0. The van der Waals surface area contributed by atoms with E-state index in [0.29, 0.717) is 0 Å². The molecule has 0 aliphatic carbocycles. The van der Waals surface area contributed by atoms with Gasteiger partial charge in [0.1, 0.15) is 11.1 Å². The lowest BCUT2D eigenvalue weighted by Crippen LogP contribution is -2.65. The van der Waals surface area contributed by atoms with Crippen molar-refractivity contribution in [2.75, 3.05) is 19.7 Å². The van der Waals surface area contributed by atoms with Crippen LogP contribution in [-0.2, 0) is 19.8 Å². The highest BCUT2D eigenvalue weighted by Crippen LogP contribution is 2.33. The van der Waals surface area contributed by atoms with Gasteiger partial charge in [-0.05, 0) is 27.7 Å². The number of esters is 1. The maximum atomic E-state index is 12.1. The third-order valence-electron chi connectivity index (χ3n) is 3.68. The molecule has 0 aromatic carbocycles. The van der Waals surface area contributed by atoms with Crippen LogP contribution in [0, 0.1) is 0 Å². The van der Waals surface area contributed by atoms with E-state index in [2.05, 4.69) is 5.10 Å². The van der Waals surface area contributed by atoms with Crippen molar-refractivity contribution >= 4 is 18.0 Å². The molecule has 1 saturated heterocycles. The van der Waals surface area contributed by atoms with Gasteiger partial charge in [-0.25, -0.2) is 9.59 Å². The predicted molar refractivity (Wildman–Crippen MR) is 86.2 cm³/mol. The van der Waals surface area contributed by atoms with Crippen molar-refractivity contribution in [2.45, 2.75) is 45.3 Å². The number of nitrogens with zero attached hydrogens (tertiary/aromatic N) is 3. The third kappa shape index (κ3) is 4.28. The summed E-state index contributed by atoms with van der Waals surface area (Å²) in [6.07, 6.45) is 2.05. The second-order valence-electron chi connectivity index (χ2n) is 7.03. The molecule has 0 bridgehead atoms. The largest absolute Gasteiger partial charge is 0.481 e. The molecule has 0 unspecified atom stereocenters. The van der Waals surface area contributed by atoms with Crippen LogP contribution in [0.2, 0.25) is 0 Å². The van der Waals surface area contributed by atoms with E-state index < -0.39 is 29.2 Å². The molecule has 138 valence electrons. The molecular weight excluding hydrogens is 330 g/mol. The second kappa shape index (κ2) is 6.73. The number of rotatable bonds is 5. The number of likely N-dealkylation sites (tertiary alicyclic amines) is 1. The first-order valence-corrected chi connectivity index (χ1v) is 7.98. The fourth-order valence-corrected chi connectivity index (χ4v) is 2.64. The average Bonchev–Trinajstić information content (AvgIpc) is 2.90. The number of carbonyl (C=O) groups excluding carboxylic acids is 2. The van der Waals surface area contributed by atoms with Crippen LogP contribution in [-0.4, -0.2) is 63.1 Å². The van der Waals surface area contributed by atoms with Gasteiger partial charge < -0.3 is 19.5 Å². The average molecular weight is 353 g/mol. The van der Waals surface area contributed by atoms with Crippen molar-refractivity contribution in [3.05, 3.63) is 18.0 Å². The highest BCUT2D eigenvalue weighted by molar-refractivity contribution is 5.88. The lowest BCUT2D eigenvalue weighted by atomic mass is 9.86. The molecule has 1 fully saturated rings. The first-order valence-electron chi connectivity index (χ1n) is 7.98. The number of carboxylic acid groups (broad SMARTS) is 1. The lowest BCUT2D eigenvalue weighted by Gasteiger charge is -2.49. The zero-order valence-electron chi connectivity index (χ0n) is 14.8. The molecule has 1 aromatic heterocycles. The van der Waals surface area contributed by atoms with E-state index in [4.69, 9.17) is 9.47 Å². The van der Waals surface area contributed by atoms with Gasteiger partial charge in [-0.15, -0.1) is 0 Å². The van der Waals surface area contributed by atoms with Crippen LogP contribution in [0.3, 0.4) is 0 Å². The van der Waals surface area contributed by atoms with Crippen LogP contribution < -0.4 is 0 Å². The Hall–Kier alpha value is -2.58. The van der Waals surface area contributed by atoms with Crippen LogP contribution in [0.1, 0.15) is 44.5 Å². The van der Waals surface area contributed by atoms with Gasteiger partial charge in [0.05, 0.1) is 37.9 Å². The molecule has 25 heavy (non-hydrogen) atoms. The van der Waals surface area contributed by atoms with Gasteiger partial charge in [0.15, 0.2) is 0 Å². The SMILES string of the molecule is CCOC(=O)c1cnn(C2(CC(=O)O)CN(C(=O)OC(C)(C)C)C2)c1. The highest BCUT2D eigenvalue weighted by Gasteiger charge is 2.50. The van der Waals surface area contributed by atoms with Crippen molar-refractivity contribution in [1.82, 2.24) is 14.7 Å². The number of carbonyl (C=O) groups is 3. The molecule has 1 aliphatic rings. The fourth-order valence-electron chi connectivity index (χ4n) is 2.64. The van der Waals surface area contributed by atoms with Gasteiger partial charge >= 0.3 is 18.0 Å². The van der Waals surface area contributed by atoms with Crippen molar-refractivity contribution in [2.24, 2.45) is 0 Å². The minimum atomic E-state index is -1.02. The molecule has 0 saturated carbocycles. The summed E-state index contributed by atoms with van der Waals surface area (Å²) in [5.41, 5.74) is -1.30. The summed E-state index contributed by atoms with van der Waals surface area (Å²) in [6, 6.07) is 0. The Bertz CT molecular complexity index is 670. The number of hydrogen-bond acceptors (Lipinski definition) is 6. The number of hydrogen-bond donors (Lipinski definition) is 1. The highest BCUT2D eigenvalue weighted by atomic mass is 16.6. The van der Waals surface area contributed by atoms with Crippen LogP contribution in [0.15, 0.2) is 12.4 Å². The van der Waals surface area contributed by atoms with E-state index in [0.717, 1.165) is 0 Å². The number of aromatic nitrogens is 2. The first-order chi connectivity index (χ1) is 11.6. The van der Waals surface area contributed by atoms with Gasteiger partial charge in [0.2, 0.25) is 0 Å². The van der Waals surface area contributed by atoms with Crippen LogP contribution in [0.5, 0.6) is 0 Å². The maximum Gasteiger partial charge on any atom is 0.410 e. The zero-order chi connectivity index (χ0) is 18.8. The molecule has 0 spiro atoms. The minimum Gasteiger partial charge on any atom is -0.481 e. The van der Waals surface area contributed by atoms with Crippen molar-refractivity contribution in [3.63, 3.8) is 0 Å². The van der Waals surface area contributed by atoms with Gasteiger partial charge in [-0.2, -0.15) is 5.10 Å². The molecule has 9 heteroatoms. The van der Waals surface area contributed by atoms with Gasteiger partial charge in [0.25, 0.3) is 0 Å². The van der Waals surface area contributed by atoms with E-state index in [-0.39, 0.29) is 31.7 Å². The monoisotopic (exact) mass is 353 g/mol. The summed E-state index contributed by atoms with van der Waals surface area (Å²) in [5.74, 6) is -1.54. The molecule has 9 nitrogen and oxygen atoms in total. The molecule has 1 aliphatic heterocycles. The molecule has 2 rings (SSSR count). The molecule has 2 heterocycles. The number of ether oxygens (including phenoxy) is 2. The standard InChI is InChI=1S/C16H23N3O6/c1-5-24-13(22)11-7-17-19(8-11)16(6-12(20)21)9-18(10-16)14(23)25-15(2,3)4/h7-8H,5-6,9-10H2,1-4H3,(H,20,21). The van der Waals surface area contributed by atoms with Gasteiger partial charge in [-0.3, -0.25) is 9.48 Å². The summed E-state index contributed by atoms with van der Waals surface area (Å²) in [4.78, 5) is 36.5. The molecule has 0 atom stereocenters. The van der Waals surface area contributed by atoms with E-state index in [1.807, 2.05) is 0 Å². The summed E-state index contributed by atoms with van der Waals surface area (Å²) in [7, 11) is 0. The van der Waals surface area contributed by atoms with Crippen LogP contribution in [0.25, 0.3) is 0 Å². The van der Waals surface area contributed by atoms with Crippen molar-refractivity contribution in [1.29, 1.82) is 0 Å². The number of amides is 1. The van der Waals surface area contributed by atoms with E-state index >= 15 is 0 Å². The Balaban J connectivity index is 2.15. The predicted octanol–water partition coefficient (Wildman–Crippen LogP) is 1.48. The van der Waals surface area contributed by atoms with Gasteiger partial charge in [0, 0.05) is 6.20 Å². The lowest BCUT2D eigenvalue weighted by molar-refractivity contribution is -0.143. The van der Waals surface area contributed by atoms with E-state index in [9.17, 15) is 19.5 Å². The topological polar surface area (TPSA) is 111 Å². The van der Waals surface area contributed by atoms with Gasteiger partial charge in [-0.1, -0.05) is 0 Å². The normalized spacial score (nSPS) is 16.1. The van der Waals surface area contributed by atoms with Crippen molar-refractivity contribution in [3.8, 4) is 0 Å². The summed E-state index contributed by atoms with van der Waals surface area (Å²) < 4.78 is 11.6. The quantitative estimate of drug-likeness (QED) is 0.798. The Morgan fingerprint density at radius 2 is 1.96 bits per heavy atom. The molecule has 1 aromatic rings. The second-order valence-corrected chi connectivity index (χ2v) is 7.03. The minimum absolute atomic E-state index is 0.137. The van der Waals surface area contributed by atoms with Crippen LogP contribution >= 0.6 is 0 Å². The fraction of sp³-hybridized carbons (Fsp3) is 0.625. The summed E-state index contributed by atoms with van der Waals surface area (Å²) in [6.45, 7) is 7.48. The third-order valence-corrected chi connectivity index (χ3v) is 3.68. The Labute approximate surface area is 145 Å². The zero-order valence-corrected chi connectivity index (χ0v) is 14.8. The Kier molecular flexibility index (Phi) is 5.05. The summed E-state index contributed by atoms with van der Waals surface area (Å²) in [5, 5.41) is 13.3. The van der Waals surface area contributed by atoms with E-state index in [1.165, 1.54) is 22.0 Å². The van der Waals surface area contributed by atoms with Crippen molar-refractivity contribution < 1.29 is 29.0 Å². The smallest absolute Gasteiger partial charge is 0.410 e. The molecule has 1 N–H and O–H groups in total. The number of carboxylic acids is 1. The molecular formula is C16H23N3O6. The molecule has 0 radical (unpaired) electrons. The molecule has 1 amide bonds. The maximum absolute atomic E-state index is 12.1. The van der Waals surface area contributed by atoms with Crippen LogP contribution in [0.4, 0.5) is 4.79 Å². The van der Waals surface area contributed by atoms with E-state index in [1.54, 1.807) is 27.7 Å². The number of aliphatic carboxylic acids is 1. The Morgan fingerprint density at radius 3 is 2.48 bits per heavy atom. The first kappa shape index (κ1) is 18.8. The Morgan fingerprint density at radius 1 is 1.32 bits per heavy atom.